The average Bonchev–Trinajstić information content (AvgIpc) is 2.33. The lowest BCUT2D eigenvalue weighted by atomic mass is 9.73. The number of ether oxygens (including phenoxy) is 2. The van der Waals surface area contributed by atoms with Crippen molar-refractivity contribution in [2.75, 3.05) is 14.2 Å². The molecule has 0 radical (unpaired) electrons. The lowest BCUT2D eigenvalue weighted by Gasteiger charge is -2.30. The van der Waals surface area contributed by atoms with Crippen LogP contribution in [0, 0.1) is 5.41 Å². The highest BCUT2D eigenvalue weighted by Gasteiger charge is 2.34. The highest BCUT2D eigenvalue weighted by Crippen LogP contribution is 2.39. The van der Waals surface area contributed by atoms with Gasteiger partial charge in [-0.05, 0) is 30.5 Å². The third-order valence-corrected chi connectivity index (χ3v) is 3.49. The van der Waals surface area contributed by atoms with Crippen molar-refractivity contribution >= 4 is 5.78 Å². The molecule has 1 aliphatic carbocycles. The molecular formula is C14H18O3. The van der Waals surface area contributed by atoms with Crippen LogP contribution in [0.25, 0.3) is 0 Å². The molecule has 17 heavy (non-hydrogen) atoms. The van der Waals surface area contributed by atoms with Crippen molar-refractivity contribution in [2.24, 2.45) is 5.41 Å². The van der Waals surface area contributed by atoms with Crippen molar-refractivity contribution in [2.45, 2.75) is 26.7 Å². The Morgan fingerprint density at radius 1 is 1.12 bits per heavy atom. The monoisotopic (exact) mass is 234 g/mol. The Kier molecular flexibility index (Phi) is 2.86. The number of rotatable bonds is 2. The Bertz CT molecular complexity index is 461. The summed E-state index contributed by atoms with van der Waals surface area (Å²) < 4.78 is 10.5. The summed E-state index contributed by atoms with van der Waals surface area (Å²) in [7, 11) is 3.20. The molecule has 0 aromatic heterocycles. The number of methoxy groups -OCH3 is 2. The molecular weight excluding hydrogens is 216 g/mol. The maximum Gasteiger partial charge on any atom is 0.168 e. The van der Waals surface area contributed by atoms with Gasteiger partial charge in [-0.2, -0.15) is 0 Å². The molecule has 0 fully saturated rings. The first kappa shape index (κ1) is 12.0. The van der Waals surface area contributed by atoms with Gasteiger partial charge in [-0.3, -0.25) is 4.79 Å². The normalized spacial score (nSPS) is 17.5. The summed E-state index contributed by atoms with van der Waals surface area (Å²) in [5, 5.41) is 0. The largest absolute Gasteiger partial charge is 0.493 e. The van der Waals surface area contributed by atoms with Crippen molar-refractivity contribution < 1.29 is 14.3 Å². The second-order valence-electron chi connectivity index (χ2n) is 5.08. The summed E-state index contributed by atoms with van der Waals surface area (Å²) in [4.78, 5) is 12.3. The molecule has 0 atom stereocenters. The SMILES string of the molecule is COc1cc2c(cc1OC)C(=O)C(C)(C)CC2. The maximum absolute atomic E-state index is 12.3. The van der Waals surface area contributed by atoms with E-state index in [0.717, 1.165) is 24.0 Å². The van der Waals surface area contributed by atoms with Crippen LogP contribution >= 0.6 is 0 Å². The van der Waals surface area contributed by atoms with Gasteiger partial charge in [-0.15, -0.1) is 0 Å². The number of fused-ring (bicyclic) bond motifs is 1. The van der Waals surface area contributed by atoms with Crippen LogP contribution in [0.15, 0.2) is 12.1 Å². The van der Waals surface area contributed by atoms with E-state index in [2.05, 4.69) is 0 Å². The molecule has 0 spiro atoms. The van der Waals surface area contributed by atoms with Gasteiger partial charge in [0.1, 0.15) is 0 Å². The molecule has 0 bridgehead atoms. The van der Waals surface area contributed by atoms with Crippen LogP contribution in [0.1, 0.15) is 36.2 Å². The molecule has 92 valence electrons. The molecule has 0 amide bonds. The Hall–Kier alpha value is -1.51. The number of Topliss-reactive ketones (excluding diaryl/α,β-unsaturated/α-hetero) is 1. The van der Waals surface area contributed by atoms with Gasteiger partial charge in [-0.1, -0.05) is 13.8 Å². The van der Waals surface area contributed by atoms with E-state index in [-0.39, 0.29) is 11.2 Å². The summed E-state index contributed by atoms with van der Waals surface area (Å²) in [6.07, 6.45) is 1.79. The predicted molar refractivity (Wildman–Crippen MR) is 66.0 cm³/mol. The summed E-state index contributed by atoms with van der Waals surface area (Å²) >= 11 is 0. The average molecular weight is 234 g/mol. The quantitative estimate of drug-likeness (QED) is 0.789. The Morgan fingerprint density at radius 3 is 2.29 bits per heavy atom. The minimum atomic E-state index is -0.271. The molecule has 0 unspecified atom stereocenters. The Morgan fingerprint density at radius 2 is 1.71 bits per heavy atom. The topological polar surface area (TPSA) is 35.5 Å². The fraction of sp³-hybridized carbons (Fsp3) is 0.500. The van der Waals surface area contributed by atoms with Crippen LogP contribution in [0.4, 0.5) is 0 Å². The van der Waals surface area contributed by atoms with Gasteiger partial charge in [0.25, 0.3) is 0 Å². The summed E-state index contributed by atoms with van der Waals surface area (Å²) in [6.45, 7) is 3.99. The fourth-order valence-corrected chi connectivity index (χ4v) is 2.26. The smallest absolute Gasteiger partial charge is 0.168 e. The van der Waals surface area contributed by atoms with Crippen molar-refractivity contribution in [3.63, 3.8) is 0 Å². The Labute approximate surface area is 102 Å². The van der Waals surface area contributed by atoms with Gasteiger partial charge in [0, 0.05) is 11.0 Å². The first-order valence-electron chi connectivity index (χ1n) is 5.79. The van der Waals surface area contributed by atoms with Crippen LogP contribution in [-0.2, 0) is 6.42 Å². The molecule has 1 aromatic rings. The van der Waals surface area contributed by atoms with E-state index in [0.29, 0.717) is 11.5 Å². The van der Waals surface area contributed by atoms with Gasteiger partial charge >= 0.3 is 0 Å². The minimum Gasteiger partial charge on any atom is -0.493 e. The molecule has 1 aliphatic rings. The van der Waals surface area contributed by atoms with Crippen LogP contribution in [0.3, 0.4) is 0 Å². The van der Waals surface area contributed by atoms with Gasteiger partial charge in [0.2, 0.25) is 0 Å². The van der Waals surface area contributed by atoms with E-state index in [1.54, 1.807) is 20.3 Å². The number of carbonyl (C=O) groups is 1. The number of hydrogen-bond acceptors (Lipinski definition) is 3. The van der Waals surface area contributed by atoms with Crippen molar-refractivity contribution in [3.05, 3.63) is 23.3 Å². The van der Waals surface area contributed by atoms with E-state index >= 15 is 0 Å². The van der Waals surface area contributed by atoms with Crippen molar-refractivity contribution in [1.29, 1.82) is 0 Å². The van der Waals surface area contributed by atoms with E-state index < -0.39 is 0 Å². The van der Waals surface area contributed by atoms with Gasteiger partial charge < -0.3 is 9.47 Å². The predicted octanol–water partition coefficient (Wildman–Crippen LogP) is 2.86. The van der Waals surface area contributed by atoms with E-state index in [1.807, 2.05) is 19.9 Å². The second kappa shape index (κ2) is 4.06. The molecule has 3 nitrogen and oxygen atoms in total. The molecule has 0 N–H and O–H groups in total. The molecule has 0 aliphatic heterocycles. The first-order valence-corrected chi connectivity index (χ1v) is 5.79. The summed E-state index contributed by atoms with van der Waals surface area (Å²) in [6, 6.07) is 3.72. The molecule has 2 rings (SSSR count). The molecule has 0 heterocycles. The maximum atomic E-state index is 12.3. The van der Waals surface area contributed by atoms with E-state index in [1.165, 1.54) is 0 Å². The lowest BCUT2D eigenvalue weighted by molar-refractivity contribution is 0.0810. The number of carbonyl (C=O) groups excluding carboxylic acids is 1. The minimum absolute atomic E-state index is 0.194. The lowest BCUT2D eigenvalue weighted by Crippen LogP contribution is -2.30. The van der Waals surface area contributed by atoms with Gasteiger partial charge in [0.05, 0.1) is 14.2 Å². The zero-order chi connectivity index (χ0) is 12.6. The fourth-order valence-electron chi connectivity index (χ4n) is 2.26. The van der Waals surface area contributed by atoms with Crippen LogP contribution < -0.4 is 9.47 Å². The Balaban J connectivity index is 2.55. The van der Waals surface area contributed by atoms with Crippen LogP contribution in [0.5, 0.6) is 11.5 Å². The standard InChI is InChI=1S/C14H18O3/c1-14(2)6-5-9-7-11(16-3)12(17-4)8-10(9)13(14)15/h7-8H,5-6H2,1-4H3. The molecule has 1 aromatic carbocycles. The number of ketones is 1. The number of hydrogen-bond donors (Lipinski definition) is 0. The summed E-state index contributed by atoms with van der Waals surface area (Å²) in [5.74, 6) is 1.51. The highest BCUT2D eigenvalue weighted by molar-refractivity contribution is 6.02. The third kappa shape index (κ3) is 1.90. The third-order valence-electron chi connectivity index (χ3n) is 3.49. The van der Waals surface area contributed by atoms with Crippen LogP contribution in [-0.4, -0.2) is 20.0 Å². The van der Waals surface area contributed by atoms with Crippen molar-refractivity contribution in [3.8, 4) is 11.5 Å². The van der Waals surface area contributed by atoms with E-state index in [4.69, 9.17) is 9.47 Å². The molecule has 0 saturated heterocycles. The van der Waals surface area contributed by atoms with Gasteiger partial charge in [0.15, 0.2) is 17.3 Å². The number of aryl methyl sites for hydroxylation is 1. The molecule has 0 saturated carbocycles. The van der Waals surface area contributed by atoms with Gasteiger partial charge in [-0.25, -0.2) is 0 Å². The summed E-state index contributed by atoms with van der Waals surface area (Å²) in [5.41, 5.74) is 1.57. The zero-order valence-electron chi connectivity index (χ0n) is 10.8. The molecule has 3 heteroatoms. The first-order chi connectivity index (χ1) is 7.99. The van der Waals surface area contributed by atoms with Crippen LogP contribution in [0.2, 0.25) is 0 Å². The zero-order valence-corrected chi connectivity index (χ0v) is 10.8. The van der Waals surface area contributed by atoms with Crippen molar-refractivity contribution in [1.82, 2.24) is 0 Å². The highest BCUT2D eigenvalue weighted by atomic mass is 16.5. The van der Waals surface area contributed by atoms with E-state index in [9.17, 15) is 4.79 Å². The second-order valence-corrected chi connectivity index (χ2v) is 5.08. The number of benzene rings is 1.